The molecule has 1 aliphatic carbocycles. The standard InChI is InChI=1S/C29H36F3N5O3S/c1-28(2,3)40-26(38)23-19-8-4-5-9-22(19)41-25(23)35-27(39)33-16-20-18-10-14-36(15-11-29(30,31)32)17-21(18)34-24(20)37-12-6-7-13-37/h6-7,12-13,34H,4-5,8-11,14-17H2,1-3H3,(H2,33,35,39). The number of alkyl halides is 3. The summed E-state index contributed by atoms with van der Waals surface area (Å²) in [6.07, 6.45) is 2.97. The number of amides is 2. The van der Waals surface area contributed by atoms with E-state index in [1.807, 2.05) is 49.9 Å². The molecule has 8 nitrogen and oxygen atoms in total. The summed E-state index contributed by atoms with van der Waals surface area (Å²) in [6, 6.07) is 3.33. The van der Waals surface area contributed by atoms with Crippen LogP contribution in [-0.4, -0.2) is 51.3 Å². The Morgan fingerprint density at radius 1 is 1.07 bits per heavy atom. The van der Waals surface area contributed by atoms with Crippen LogP contribution in [0.5, 0.6) is 0 Å². The summed E-state index contributed by atoms with van der Waals surface area (Å²) in [4.78, 5) is 32.6. The van der Waals surface area contributed by atoms with E-state index in [4.69, 9.17) is 4.74 Å². The van der Waals surface area contributed by atoms with Gasteiger partial charge >= 0.3 is 18.2 Å². The third-order valence-electron chi connectivity index (χ3n) is 7.34. The van der Waals surface area contributed by atoms with Gasteiger partial charge < -0.3 is 19.6 Å². The number of fused-ring (bicyclic) bond motifs is 2. The van der Waals surface area contributed by atoms with E-state index in [-0.39, 0.29) is 13.1 Å². The first-order valence-corrected chi connectivity index (χ1v) is 14.8. The predicted octanol–water partition coefficient (Wildman–Crippen LogP) is 6.33. The van der Waals surface area contributed by atoms with E-state index in [1.165, 1.54) is 11.3 Å². The van der Waals surface area contributed by atoms with Gasteiger partial charge in [-0.05, 0) is 76.1 Å². The molecule has 3 N–H and O–H groups in total. The second-order valence-electron chi connectivity index (χ2n) is 11.6. The summed E-state index contributed by atoms with van der Waals surface area (Å²) in [5.74, 6) is 0.343. The van der Waals surface area contributed by atoms with E-state index in [2.05, 4.69) is 15.6 Å². The number of aryl methyl sites for hydroxylation is 1. The van der Waals surface area contributed by atoms with Crippen LogP contribution in [0, 0.1) is 0 Å². The first kappa shape index (κ1) is 29.2. The first-order valence-electron chi connectivity index (χ1n) is 14.0. The van der Waals surface area contributed by atoms with Gasteiger partial charge in [-0.3, -0.25) is 10.2 Å². The van der Waals surface area contributed by atoms with Crippen LogP contribution in [0.15, 0.2) is 24.5 Å². The minimum absolute atomic E-state index is 0.0540. The summed E-state index contributed by atoms with van der Waals surface area (Å²) < 4.78 is 46.0. The van der Waals surface area contributed by atoms with E-state index >= 15 is 0 Å². The molecule has 0 bridgehead atoms. The second kappa shape index (κ2) is 11.6. The third kappa shape index (κ3) is 6.98. The average Bonchev–Trinajstić information content (AvgIpc) is 3.61. The predicted molar refractivity (Wildman–Crippen MR) is 152 cm³/mol. The molecule has 0 saturated heterocycles. The molecule has 12 heteroatoms. The van der Waals surface area contributed by atoms with E-state index in [0.717, 1.165) is 58.8 Å². The number of nitrogens with one attached hydrogen (secondary N) is 3. The highest BCUT2D eigenvalue weighted by Crippen LogP contribution is 2.39. The fourth-order valence-electron chi connectivity index (χ4n) is 5.51. The Hall–Kier alpha value is -3.25. The molecule has 3 aromatic rings. The van der Waals surface area contributed by atoms with E-state index in [1.54, 1.807) is 4.90 Å². The van der Waals surface area contributed by atoms with Crippen molar-refractivity contribution in [2.75, 3.05) is 18.4 Å². The zero-order chi connectivity index (χ0) is 29.4. The number of carbonyl (C=O) groups excluding carboxylic acids is 2. The Morgan fingerprint density at radius 3 is 2.51 bits per heavy atom. The molecule has 0 saturated carbocycles. The van der Waals surface area contributed by atoms with Gasteiger partial charge in [0.05, 0.1) is 12.0 Å². The molecule has 4 heterocycles. The van der Waals surface area contributed by atoms with Crippen molar-refractivity contribution in [3.05, 3.63) is 57.4 Å². The van der Waals surface area contributed by atoms with Crippen molar-refractivity contribution in [3.63, 3.8) is 0 Å². The Balaban J connectivity index is 1.33. The van der Waals surface area contributed by atoms with Gasteiger partial charge in [0, 0.05) is 54.7 Å². The highest BCUT2D eigenvalue weighted by molar-refractivity contribution is 7.17. The van der Waals surface area contributed by atoms with Crippen molar-refractivity contribution >= 4 is 28.3 Å². The van der Waals surface area contributed by atoms with Gasteiger partial charge in [-0.1, -0.05) is 0 Å². The Morgan fingerprint density at radius 2 is 1.80 bits per heavy atom. The molecule has 0 aromatic carbocycles. The summed E-state index contributed by atoms with van der Waals surface area (Å²) in [5, 5.41) is 6.34. The lowest BCUT2D eigenvalue weighted by atomic mass is 9.95. The lowest BCUT2D eigenvalue weighted by molar-refractivity contribution is -0.138. The van der Waals surface area contributed by atoms with Crippen molar-refractivity contribution in [2.24, 2.45) is 0 Å². The van der Waals surface area contributed by atoms with Gasteiger partial charge in [-0.15, -0.1) is 11.3 Å². The number of hydrogen-bond donors (Lipinski definition) is 3. The largest absolute Gasteiger partial charge is 0.456 e. The molecule has 0 fully saturated rings. The summed E-state index contributed by atoms with van der Waals surface area (Å²) in [5.41, 5.74) is 3.51. The fraction of sp³-hybridized carbons (Fsp3) is 0.517. The first-order chi connectivity index (χ1) is 19.4. The van der Waals surface area contributed by atoms with Crippen LogP contribution in [0.2, 0.25) is 0 Å². The molecule has 0 unspecified atom stereocenters. The van der Waals surface area contributed by atoms with Crippen molar-refractivity contribution in [2.45, 2.75) is 84.2 Å². The van der Waals surface area contributed by atoms with Gasteiger partial charge in [0.1, 0.15) is 16.4 Å². The third-order valence-corrected chi connectivity index (χ3v) is 8.55. The van der Waals surface area contributed by atoms with Crippen LogP contribution in [0.4, 0.5) is 23.0 Å². The van der Waals surface area contributed by atoms with Gasteiger partial charge in [-0.25, -0.2) is 9.59 Å². The SMILES string of the molecule is CC(C)(C)OC(=O)c1c(NC(=O)NCc2c(-n3cccc3)[nH]c3c2CCN(CCC(F)(F)F)C3)sc2c1CCCC2. The molecule has 0 spiro atoms. The molecule has 1 aliphatic heterocycles. The number of esters is 1. The number of aromatic nitrogens is 2. The fourth-order valence-corrected chi connectivity index (χ4v) is 6.79. The number of halogens is 3. The second-order valence-corrected chi connectivity index (χ2v) is 12.7. The minimum Gasteiger partial charge on any atom is -0.456 e. The lowest BCUT2D eigenvalue weighted by Crippen LogP contribution is -2.34. The number of urea groups is 1. The van der Waals surface area contributed by atoms with Crippen LogP contribution in [0.3, 0.4) is 0 Å². The summed E-state index contributed by atoms with van der Waals surface area (Å²) in [6.45, 7) is 6.50. The maximum atomic E-state index is 13.2. The molecular weight excluding hydrogens is 555 g/mol. The van der Waals surface area contributed by atoms with Gasteiger partial charge in [0.2, 0.25) is 0 Å². The molecular formula is C29H36F3N5O3S. The molecule has 41 heavy (non-hydrogen) atoms. The molecule has 3 aromatic heterocycles. The molecule has 0 atom stereocenters. The number of nitrogens with zero attached hydrogens (tertiary/aromatic N) is 2. The summed E-state index contributed by atoms with van der Waals surface area (Å²) in [7, 11) is 0. The highest BCUT2D eigenvalue weighted by Gasteiger charge is 2.32. The Bertz CT molecular complexity index is 1400. The number of anilines is 1. The number of ether oxygens (including phenoxy) is 1. The smallest absolute Gasteiger partial charge is 0.390 e. The molecule has 2 aliphatic rings. The van der Waals surface area contributed by atoms with Crippen molar-refractivity contribution in [3.8, 4) is 5.82 Å². The molecule has 222 valence electrons. The average molecular weight is 592 g/mol. The van der Waals surface area contributed by atoms with Gasteiger partial charge in [0.25, 0.3) is 0 Å². The van der Waals surface area contributed by atoms with E-state index < -0.39 is 30.2 Å². The maximum Gasteiger partial charge on any atom is 0.390 e. The van der Waals surface area contributed by atoms with Crippen LogP contribution < -0.4 is 10.6 Å². The van der Waals surface area contributed by atoms with Crippen LogP contribution in [-0.2, 0) is 37.1 Å². The molecule has 0 radical (unpaired) electrons. The normalized spacial score (nSPS) is 15.8. The van der Waals surface area contributed by atoms with Crippen LogP contribution in [0.25, 0.3) is 5.82 Å². The molecule has 2 amide bonds. The number of H-pyrrole nitrogens is 1. The monoisotopic (exact) mass is 591 g/mol. The number of aromatic amines is 1. The topological polar surface area (TPSA) is 91.4 Å². The Kier molecular flexibility index (Phi) is 8.24. The highest BCUT2D eigenvalue weighted by atomic mass is 32.1. The summed E-state index contributed by atoms with van der Waals surface area (Å²) >= 11 is 1.43. The van der Waals surface area contributed by atoms with Crippen molar-refractivity contribution in [1.82, 2.24) is 19.8 Å². The van der Waals surface area contributed by atoms with Crippen molar-refractivity contribution in [1.29, 1.82) is 0 Å². The van der Waals surface area contributed by atoms with E-state index in [0.29, 0.717) is 30.1 Å². The number of carbonyl (C=O) groups is 2. The number of hydrogen-bond acceptors (Lipinski definition) is 5. The van der Waals surface area contributed by atoms with Crippen LogP contribution in [0.1, 0.15) is 77.7 Å². The zero-order valence-electron chi connectivity index (χ0n) is 23.5. The number of rotatable bonds is 7. The van der Waals surface area contributed by atoms with E-state index in [9.17, 15) is 22.8 Å². The quantitative estimate of drug-likeness (QED) is 0.280. The van der Waals surface area contributed by atoms with Crippen LogP contribution >= 0.6 is 11.3 Å². The minimum atomic E-state index is -4.19. The maximum absolute atomic E-state index is 13.2. The van der Waals surface area contributed by atoms with Gasteiger partial charge in [-0.2, -0.15) is 13.2 Å². The lowest BCUT2D eigenvalue weighted by Gasteiger charge is -2.27. The zero-order valence-corrected chi connectivity index (χ0v) is 24.4. The number of thiophene rings is 1. The molecule has 5 rings (SSSR count). The van der Waals surface area contributed by atoms with Crippen molar-refractivity contribution < 1.29 is 27.5 Å². The Labute approximate surface area is 241 Å². The van der Waals surface area contributed by atoms with Gasteiger partial charge in [0.15, 0.2) is 0 Å².